The first-order valence-corrected chi connectivity index (χ1v) is 5.82. The second-order valence-electron chi connectivity index (χ2n) is 4.40. The fourth-order valence-corrected chi connectivity index (χ4v) is 2.04. The van der Waals surface area contributed by atoms with Crippen molar-refractivity contribution < 1.29 is 36.6 Å². The van der Waals surface area contributed by atoms with Crippen LogP contribution in [-0.4, -0.2) is 10.2 Å². The topological polar surface area (TPSA) is 40.5 Å². The van der Waals surface area contributed by atoms with Gasteiger partial charge in [0.1, 0.15) is 0 Å². The summed E-state index contributed by atoms with van der Waals surface area (Å²) >= 11 is 0. The summed E-state index contributed by atoms with van der Waals surface area (Å²) in [7, 11) is 0. The summed E-state index contributed by atoms with van der Waals surface area (Å²) in [6.45, 7) is 0. The van der Waals surface area contributed by atoms with Crippen LogP contribution in [0.15, 0.2) is 36.4 Å². The van der Waals surface area contributed by atoms with E-state index in [9.17, 15) is 36.6 Å². The minimum Gasteiger partial charge on any atom is -0.504 e. The lowest BCUT2D eigenvalue weighted by atomic mass is 9.93. The van der Waals surface area contributed by atoms with Crippen LogP contribution in [0.1, 0.15) is 11.1 Å². The fourth-order valence-electron chi connectivity index (χ4n) is 2.04. The molecule has 0 saturated carbocycles. The molecule has 0 atom stereocenters. The van der Waals surface area contributed by atoms with Gasteiger partial charge in [-0.15, -0.1) is 0 Å². The van der Waals surface area contributed by atoms with Crippen molar-refractivity contribution >= 4 is 0 Å². The number of benzene rings is 2. The molecule has 0 bridgehead atoms. The molecule has 2 nitrogen and oxygen atoms in total. The summed E-state index contributed by atoms with van der Waals surface area (Å²) < 4.78 is 77.9. The van der Waals surface area contributed by atoms with Gasteiger partial charge in [0.05, 0.1) is 11.1 Å². The van der Waals surface area contributed by atoms with Crippen molar-refractivity contribution in [1.29, 1.82) is 0 Å². The highest BCUT2D eigenvalue weighted by Crippen LogP contribution is 2.48. The molecule has 0 aliphatic heterocycles. The van der Waals surface area contributed by atoms with E-state index in [1.165, 1.54) is 0 Å². The van der Waals surface area contributed by atoms with Gasteiger partial charge in [0, 0.05) is 5.56 Å². The lowest BCUT2D eigenvalue weighted by Gasteiger charge is -2.18. The normalized spacial score (nSPS) is 12.5. The van der Waals surface area contributed by atoms with Crippen LogP contribution in [0.3, 0.4) is 0 Å². The van der Waals surface area contributed by atoms with Crippen molar-refractivity contribution in [3.63, 3.8) is 0 Å². The zero-order valence-electron chi connectivity index (χ0n) is 10.6. The van der Waals surface area contributed by atoms with Crippen molar-refractivity contribution in [3.05, 3.63) is 47.5 Å². The van der Waals surface area contributed by atoms with Gasteiger partial charge in [0.25, 0.3) is 0 Å². The van der Waals surface area contributed by atoms with Crippen LogP contribution in [0, 0.1) is 0 Å². The van der Waals surface area contributed by atoms with E-state index in [2.05, 4.69) is 0 Å². The average molecular weight is 322 g/mol. The van der Waals surface area contributed by atoms with Crippen LogP contribution < -0.4 is 0 Å². The van der Waals surface area contributed by atoms with Crippen molar-refractivity contribution in [1.82, 2.24) is 0 Å². The van der Waals surface area contributed by atoms with Gasteiger partial charge in [0.15, 0.2) is 11.5 Å². The van der Waals surface area contributed by atoms with E-state index in [1.54, 1.807) is 0 Å². The van der Waals surface area contributed by atoms with Crippen molar-refractivity contribution in [2.75, 3.05) is 0 Å². The lowest BCUT2D eigenvalue weighted by molar-refractivity contribution is -0.139. The molecule has 2 rings (SSSR count). The molecule has 0 fully saturated rings. The third kappa shape index (κ3) is 2.81. The Bertz CT molecular complexity index is 703. The van der Waals surface area contributed by atoms with Crippen LogP contribution in [0.4, 0.5) is 26.3 Å². The Balaban J connectivity index is 2.87. The summed E-state index contributed by atoms with van der Waals surface area (Å²) in [5.41, 5.74) is -4.79. The Hall–Kier alpha value is -2.38. The summed E-state index contributed by atoms with van der Waals surface area (Å²) in [5.74, 6) is -2.20. The SMILES string of the molecule is Oc1ccc(C(F)(F)F)c(-c2ccccc2C(F)(F)F)c1O. The molecular weight excluding hydrogens is 314 g/mol. The Morgan fingerprint density at radius 2 is 1.23 bits per heavy atom. The van der Waals surface area contributed by atoms with Gasteiger partial charge in [0.2, 0.25) is 0 Å². The number of aromatic hydroxyl groups is 2. The molecule has 118 valence electrons. The highest BCUT2D eigenvalue weighted by Gasteiger charge is 2.39. The Kier molecular flexibility index (Phi) is 3.72. The summed E-state index contributed by atoms with van der Waals surface area (Å²) in [5, 5.41) is 19.0. The Morgan fingerprint density at radius 1 is 0.682 bits per heavy atom. The second-order valence-corrected chi connectivity index (χ2v) is 4.40. The number of rotatable bonds is 1. The van der Waals surface area contributed by atoms with Gasteiger partial charge in [-0.3, -0.25) is 0 Å². The van der Waals surface area contributed by atoms with Crippen LogP contribution in [-0.2, 0) is 12.4 Å². The maximum Gasteiger partial charge on any atom is 0.417 e. The predicted molar refractivity (Wildman–Crippen MR) is 65.2 cm³/mol. The maximum atomic E-state index is 13.0. The minimum absolute atomic E-state index is 0.414. The zero-order chi connectivity index (χ0) is 16.7. The first-order valence-electron chi connectivity index (χ1n) is 5.82. The van der Waals surface area contributed by atoms with E-state index >= 15 is 0 Å². The van der Waals surface area contributed by atoms with E-state index < -0.39 is 46.1 Å². The van der Waals surface area contributed by atoms with Crippen molar-refractivity contribution in [2.24, 2.45) is 0 Å². The van der Waals surface area contributed by atoms with Crippen LogP contribution in [0.2, 0.25) is 0 Å². The molecule has 0 aromatic heterocycles. The van der Waals surface area contributed by atoms with E-state index in [1.807, 2.05) is 0 Å². The molecule has 8 heteroatoms. The number of alkyl halides is 6. The molecule has 0 amide bonds. The molecule has 22 heavy (non-hydrogen) atoms. The molecule has 0 spiro atoms. The average Bonchev–Trinajstić information content (AvgIpc) is 2.39. The smallest absolute Gasteiger partial charge is 0.417 e. The maximum absolute atomic E-state index is 13.0. The highest BCUT2D eigenvalue weighted by molar-refractivity contribution is 5.79. The number of phenolic OH excluding ortho intramolecular Hbond substituents is 2. The lowest BCUT2D eigenvalue weighted by Crippen LogP contribution is -2.11. The van der Waals surface area contributed by atoms with Crippen LogP contribution >= 0.6 is 0 Å². The van der Waals surface area contributed by atoms with Crippen LogP contribution in [0.5, 0.6) is 11.5 Å². The van der Waals surface area contributed by atoms with E-state index in [-0.39, 0.29) is 0 Å². The van der Waals surface area contributed by atoms with E-state index in [0.717, 1.165) is 18.2 Å². The van der Waals surface area contributed by atoms with E-state index in [4.69, 9.17) is 0 Å². The van der Waals surface area contributed by atoms with Gasteiger partial charge in [-0.2, -0.15) is 26.3 Å². The van der Waals surface area contributed by atoms with Gasteiger partial charge in [-0.25, -0.2) is 0 Å². The van der Waals surface area contributed by atoms with Crippen molar-refractivity contribution in [3.8, 4) is 22.6 Å². The Labute approximate surface area is 120 Å². The number of hydrogen-bond donors (Lipinski definition) is 2. The highest BCUT2D eigenvalue weighted by atomic mass is 19.4. The number of hydrogen-bond acceptors (Lipinski definition) is 2. The summed E-state index contributed by atoms with van der Waals surface area (Å²) in [6, 6.07) is 4.49. The third-order valence-electron chi connectivity index (χ3n) is 2.96. The Morgan fingerprint density at radius 3 is 1.77 bits per heavy atom. The van der Waals surface area contributed by atoms with Gasteiger partial charge in [-0.05, 0) is 23.8 Å². The minimum atomic E-state index is -5.00. The molecule has 0 aliphatic carbocycles. The largest absolute Gasteiger partial charge is 0.504 e. The molecule has 0 saturated heterocycles. The molecule has 0 heterocycles. The van der Waals surface area contributed by atoms with Gasteiger partial charge >= 0.3 is 12.4 Å². The second kappa shape index (κ2) is 5.11. The molecule has 0 unspecified atom stereocenters. The first kappa shape index (κ1) is 16.0. The molecule has 0 aliphatic rings. The van der Waals surface area contributed by atoms with E-state index in [0.29, 0.717) is 18.2 Å². The molecule has 2 aromatic rings. The summed E-state index contributed by atoms with van der Waals surface area (Å²) in [6.07, 6.45) is -9.92. The number of phenols is 2. The monoisotopic (exact) mass is 322 g/mol. The summed E-state index contributed by atoms with van der Waals surface area (Å²) in [4.78, 5) is 0. The first-order chi connectivity index (χ1) is 10.0. The molecule has 2 aromatic carbocycles. The molecular formula is C14H8F6O2. The van der Waals surface area contributed by atoms with Gasteiger partial charge < -0.3 is 10.2 Å². The quantitative estimate of drug-likeness (QED) is 0.585. The number of halogens is 6. The standard InChI is InChI=1S/C14H8F6O2/c15-13(16,17)8-4-2-1-3-7(8)11-9(14(18,19)20)5-6-10(21)12(11)22/h1-6,21-22H. The fraction of sp³-hybridized carbons (Fsp3) is 0.143. The van der Waals surface area contributed by atoms with Crippen molar-refractivity contribution in [2.45, 2.75) is 12.4 Å². The molecule has 2 N–H and O–H groups in total. The molecule has 0 radical (unpaired) electrons. The zero-order valence-corrected chi connectivity index (χ0v) is 10.6. The van der Waals surface area contributed by atoms with Gasteiger partial charge in [-0.1, -0.05) is 18.2 Å². The van der Waals surface area contributed by atoms with Crippen LogP contribution in [0.25, 0.3) is 11.1 Å². The predicted octanol–water partition coefficient (Wildman–Crippen LogP) is 4.80. The third-order valence-corrected chi connectivity index (χ3v) is 2.96.